The van der Waals surface area contributed by atoms with Crippen LogP contribution in [0.3, 0.4) is 0 Å². The van der Waals surface area contributed by atoms with E-state index in [-0.39, 0.29) is 11.3 Å². The average Bonchev–Trinajstić information content (AvgIpc) is 2.48. The summed E-state index contributed by atoms with van der Waals surface area (Å²) in [7, 11) is 0.0944. The Kier molecular flexibility index (Phi) is 12.2. The van der Waals surface area contributed by atoms with Gasteiger partial charge in [-0.25, -0.2) is 12.7 Å². The highest BCUT2D eigenvalue weighted by atomic mass is 32.2. The maximum atomic E-state index is 11.9. The Hall–Kier alpha value is -0.130. The van der Waals surface area contributed by atoms with Crippen molar-refractivity contribution in [3.8, 4) is 0 Å². The van der Waals surface area contributed by atoms with Crippen LogP contribution in [0.2, 0.25) is 0 Å². The molecule has 0 atom stereocenters. The molecule has 0 fully saturated rings. The molecule has 5 heteroatoms. The van der Waals surface area contributed by atoms with E-state index in [0.29, 0.717) is 6.54 Å². The summed E-state index contributed by atoms with van der Waals surface area (Å²) in [5.41, 5.74) is 0.0727. The predicted octanol–water partition coefficient (Wildman–Crippen LogP) is 4.17. The van der Waals surface area contributed by atoms with Gasteiger partial charge in [-0.2, -0.15) is 0 Å². The van der Waals surface area contributed by atoms with Gasteiger partial charge in [0, 0.05) is 26.2 Å². The molecule has 0 radical (unpaired) electrons. The summed E-state index contributed by atoms with van der Waals surface area (Å²) in [6, 6.07) is 0. The third-order valence-corrected chi connectivity index (χ3v) is 6.47. The molecule has 0 aliphatic carbocycles. The van der Waals surface area contributed by atoms with E-state index in [9.17, 15) is 8.42 Å². The molecule has 0 heterocycles. The Morgan fingerprint density at radius 2 is 1.35 bits per heavy atom. The lowest BCUT2D eigenvalue weighted by Crippen LogP contribution is -2.45. The zero-order chi connectivity index (χ0) is 17.8. The molecule has 1 N–H and O–H groups in total. The Balaban J connectivity index is 4.39. The molecule has 140 valence electrons. The van der Waals surface area contributed by atoms with Gasteiger partial charge in [0.25, 0.3) is 0 Å². The van der Waals surface area contributed by atoms with Crippen LogP contribution in [0.15, 0.2) is 0 Å². The highest BCUT2D eigenvalue weighted by Gasteiger charge is 2.23. The van der Waals surface area contributed by atoms with Crippen LogP contribution in [0.25, 0.3) is 0 Å². The molecule has 0 amide bonds. The molecule has 0 spiro atoms. The summed E-state index contributed by atoms with van der Waals surface area (Å²) in [4.78, 5) is 0. The van der Waals surface area contributed by atoms with Crippen LogP contribution >= 0.6 is 0 Å². The summed E-state index contributed by atoms with van der Waals surface area (Å²) in [5, 5.41) is 3.56. The highest BCUT2D eigenvalue weighted by Crippen LogP contribution is 2.22. The third-order valence-electron chi connectivity index (χ3n) is 4.63. The fourth-order valence-electron chi connectivity index (χ4n) is 2.85. The summed E-state index contributed by atoms with van der Waals surface area (Å²) >= 11 is 0. The molecule has 0 aromatic rings. The quantitative estimate of drug-likeness (QED) is 0.452. The number of hydrogen-bond acceptors (Lipinski definition) is 3. The maximum absolute atomic E-state index is 11.9. The molecule has 0 aliphatic heterocycles. The second-order valence-electron chi connectivity index (χ2n) is 7.21. The molecular weight excluding hydrogens is 308 g/mol. The van der Waals surface area contributed by atoms with Crippen molar-refractivity contribution in [3.05, 3.63) is 0 Å². The van der Waals surface area contributed by atoms with E-state index in [0.717, 1.165) is 12.8 Å². The first-order chi connectivity index (χ1) is 10.8. The van der Waals surface area contributed by atoms with E-state index in [4.69, 9.17) is 0 Å². The molecule has 0 unspecified atom stereocenters. The van der Waals surface area contributed by atoms with E-state index < -0.39 is 10.0 Å². The first-order valence-corrected chi connectivity index (χ1v) is 11.0. The minimum absolute atomic E-state index is 0.0727. The van der Waals surface area contributed by atoms with Gasteiger partial charge in [0.15, 0.2) is 0 Å². The number of nitrogens with one attached hydrogen (secondary N) is 1. The number of rotatable bonds is 15. The normalized spacial score (nSPS) is 13.0. The minimum Gasteiger partial charge on any atom is -0.310 e. The van der Waals surface area contributed by atoms with Gasteiger partial charge < -0.3 is 5.32 Å². The van der Waals surface area contributed by atoms with Gasteiger partial charge in [-0.15, -0.1) is 0 Å². The van der Waals surface area contributed by atoms with Crippen molar-refractivity contribution in [1.29, 1.82) is 0 Å². The molecule has 0 bridgehead atoms. The summed E-state index contributed by atoms with van der Waals surface area (Å²) in [6.45, 7) is 7.27. The lowest BCUT2D eigenvalue weighted by atomic mass is 9.88. The first-order valence-electron chi connectivity index (χ1n) is 9.42. The van der Waals surface area contributed by atoms with E-state index in [1.54, 1.807) is 14.1 Å². The zero-order valence-electron chi connectivity index (χ0n) is 16.2. The monoisotopic (exact) mass is 348 g/mol. The minimum atomic E-state index is -3.11. The SMILES string of the molecule is CCCCCCC(C)(CCCCCC)NCCS(=O)(=O)N(C)C. The molecule has 0 aromatic carbocycles. The van der Waals surface area contributed by atoms with Crippen molar-refractivity contribution in [2.24, 2.45) is 0 Å². The molecule has 0 aliphatic rings. The second kappa shape index (κ2) is 12.3. The summed E-state index contributed by atoms with van der Waals surface area (Å²) < 4.78 is 25.1. The third kappa shape index (κ3) is 11.1. The Bertz CT molecular complexity index is 368. The van der Waals surface area contributed by atoms with Gasteiger partial charge in [0.1, 0.15) is 0 Å². The van der Waals surface area contributed by atoms with Crippen LogP contribution in [0.5, 0.6) is 0 Å². The number of sulfonamides is 1. The lowest BCUT2D eigenvalue weighted by Gasteiger charge is -2.32. The van der Waals surface area contributed by atoms with Gasteiger partial charge in [-0.3, -0.25) is 0 Å². The van der Waals surface area contributed by atoms with Crippen molar-refractivity contribution >= 4 is 10.0 Å². The fourth-order valence-corrected chi connectivity index (χ4v) is 3.58. The van der Waals surface area contributed by atoms with Crippen LogP contribution < -0.4 is 5.32 Å². The van der Waals surface area contributed by atoms with Gasteiger partial charge in [-0.1, -0.05) is 65.2 Å². The largest absolute Gasteiger partial charge is 0.310 e. The molecule has 0 rings (SSSR count). The van der Waals surface area contributed by atoms with Crippen molar-refractivity contribution < 1.29 is 8.42 Å². The standard InChI is InChI=1S/C18H40N2O2S/c1-6-8-10-12-14-18(3,15-13-11-9-7-2)19-16-17-23(21,22)20(4)5/h19H,6-17H2,1-5H3. The van der Waals surface area contributed by atoms with Crippen LogP contribution in [0.4, 0.5) is 0 Å². The van der Waals surface area contributed by atoms with Crippen LogP contribution in [0.1, 0.15) is 85.0 Å². The van der Waals surface area contributed by atoms with Crippen molar-refractivity contribution in [2.75, 3.05) is 26.4 Å². The Morgan fingerprint density at radius 1 is 0.870 bits per heavy atom. The molecular formula is C18H40N2O2S. The van der Waals surface area contributed by atoms with Crippen molar-refractivity contribution in [3.63, 3.8) is 0 Å². The van der Waals surface area contributed by atoms with Gasteiger partial charge >= 0.3 is 0 Å². The number of hydrogen-bond donors (Lipinski definition) is 1. The maximum Gasteiger partial charge on any atom is 0.214 e. The van der Waals surface area contributed by atoms with Gasteiger partial charge in [0.2, 0.25) is 10.0 Å². The van der Waals surface area contributed by atoms with Gasteiger partial charge in [0.05, 0.1) is 5.75 Å². The van der Waals surface area contributed by atoms with Crippen molar-refractivity contribution in [1.82, 2.24) is 9.62 Å². The highest BCUT2D eigenvalue weighted by molar-refractivity contribution is 7.89. The van der Waals surface area contributed by atoms with Gasteiger partial charge in [-0.05, 0) is 19.8 Å². The predicted molar refractivity (Wildman–Crippen MR) is 101 cm³/mol. The molecule has 0 saturated heterocycles. The smallest absolute Gasteiger partial charge is 0.214 e. The zero-order valence-corrected chi connectivity index (χ0v) is 17.0. The number of nitrogens with zero attached hydrogens (tertiary/aromatic N) is 1. The Labute approximate surface area is 145 Å². The molecule has 0 aromatic heterocycles. The number of unbranched alkanes of at least 4 members (excludes halogenated alkanes) is 6. The lowest BCUT2D eigenvalue weighted by molar-refractivity contribution is 0.293. The molecule has 4 nitrogen and oxygen atoms in total. The van der Waals surface area contributed by atoms with Crippen LogP contribution in [0, 0.1) is 0 Å². The van der Waals surface area contributed by atoms with E-state index in [1.165, 1.54) is 55.7 Å². The van der Waals surface area contributed by atoms with E-state index in [2.05, 4.69) is 26.1 Å². The van der Waals surface area contributed by atoms with E-state index >= 15 is 0 Å². The van der Waals surface area contributed by atoms with E-state index in [1.807, 2.05) is 0 Å². The first kappa shape index (κ1) is 22.9. The van der Waals surface area contributed by atoms with Crippen LogP contribution in [-0.2, 0) is 10.0 Å². The average molecular weight is 349 g/mol. The summed E-state index contributed by atoms with van der Waals surface area (Å²) in [5.74, 6) is 0.180. The molecule has 23 heavy (non-hydrogen) atoms. The summed E-state index contributed by atoms with van der Waals surface area (Å²) in [6.07, 6.45) is 12.4. The second-order valence-corrected chi connectivity index (χ2v) is 9.51. The Morgan fingerprint density at radius 3 is 1.74 bits per heavy atom. The van der Waals surface area contributed by atoms with Crippen molar-refractivity contribution in [2.45, 2.75) is 90.5 Å². The fraction of sp³-hybridized carbons (Fsp3) is 1.00. The van der Waals surface area contributed by atoms with Crippen LogP contribution in [-0.4, -0.2) is 44.7 Å². The topological polar surface area (TPSA) is 49.4 Å². The molecule has 0 saturated carbocycles.